The molecule has 3 nitrogen and oxygen atoms in total. The van der Waals surface area contributed by atoms with Crippen molar-refractivity contribution >= 4 is 60.8 Å². The van der Waals surface area contributed by atoms with Crippen molar-refractivity contribution in [1.82, 2.24) is 0 Å². The van der Waals surface area contributed by atoms with Gasteiger partial charge in [0.15, 0.2) is 11.6 Å². The molecule has 0 atom stereocenters. The van der Waals surface area contributed by atoms with Crippen LogP contribution in [-0.2, 0) is 0 Å². The summed E-state index contributed by atoms with van der Waals surface area (Å²) in [6.45, 7) is 0. The van der Waals surface area contributed by atoms with Gasteiger partial charge in [-0.3, -0.25) is 9.59 Å². The maximum Gasteiger partial charge on any atom is 0.197 e. The Morgan fingerprint density at radius 3 is 1.91 bits per heavy atom. The van der Waals surface area contributed by atoms with Crippen LogP contribution in [0.4, 0.5) is 0 Å². The fourth-order valence-corrected chi connectivity index (χ4v) is 5.66. The zero-order chi connectivity index (χ0) is 22.8. The molecule has 34 heavy (non-hydrogen) atoms. The van der Waals surface area contributed by atoms with Crippen molar-refractivity contribution in [2.75, 3.05) is 0 Å². The first-order valence-electron chi connectivity index (χ1n) is 11.0. The molecule has 0 saturated carbocycles. The number of carbonyl (C=O) groups excluding carboxylic acids is 2. The van der Waals surface area contributed by atoms with E-state index in [1.165, 1.54) is 16.7 Å². The Morgan fingerprint density at radius 1 is 0.647 bits per heavy atom. The van der Waals surface area contributed by atoms with Gasteiger partial charge in [-0.1, -0.05) is 60.7 Å². The monoisotopic (exact) mass is 456 g/mol. The lowest BCUT2D eigenvalue weighted by molar-refractivity contribution is 0.0990. The lowest BCUT2D eigenvalue weighted by Gasteiger charge is -2.00. The third-order valence-electron chi connectivity index (χ3n) is 6.41. The molecule has 160 valence electrons. The molecule has 2 heterocycles. The van der Waals surface area contributed by atoms with Gasteiger partial charge in [-0.15, -0.1) is 11.3 Å². The molecule has 2 aromatic heterocycles. The molecule has 0 aliphatic heterocycles. The SMILES string of the molecule is O=C1C(=Cc2cc3oc(-c4ccc5ccccc5c4)cc3s2)C(=O)c2cc3ccccc3cc21. The molecule has 0 N–H and O–H groups in total. The number of benzene rings is 4. The topological polar surface area (TPSA) is 47.3 Å². The van der Waals surface area contributed by atoms with E-state index in [0.717, 1.165) is 42.6 Å². The van der Waals surface area contributed by atoms with Crippen molar-refractivity contribution in [2.45, 2.75) is 0 Å². The fourth-order valence-electron chi connectivity index (χ4n) is 4.69. The average Bonchev–Trinajstić information content (AvgIpc) is 3.50. The van der Waals surface area contributed by atoms with Gasteiger partial charge in [-0.05, 0) is 51.9 Å². The number of rotatable bonds is 2. The number of thiophene rings is 1. The molecule has 0 fully saturated rings. The summed E-state index contributed by atoms with van der Waals surface area (Å²) in [4.78, 5) is 26.9. The number of hydrogen-bond donors (Lipinski definition) is 0. The highest BCUT2D eigenvalue weighted by molar-refractivity contribution is 7.19. The number of Topliss-reactive ketones (excluding diaryl/α,β-unsaturated/α-hetero) is 2. The van der Waals surface area contributed by atoms with E-state index in [-0.39, 0.29) is 17.1 Å². The maximum absolute atomic E-state index is 13.0. The molecule has 1 aliphatic rings. The van der Waals surface area contributed by atoms with E-state index in [9.17, 15) is 9.59 Å². The van der Waals surface area contributed by atoms with Crippen LogP contribution in [0.2, 0.25) is 0 Å². The van der Waals surface area contributed by atoms with Crippen molar-refractivity contribution in [2.24, 2.45) is 0 Å². The highest BCUT2D eigenvalue weighted by Gasteiger charge is 2.33. The minimum Gasteiger partial charge on any atom is -0.455 e. The number of furan rings is 1. The van der Waals surface area contributed by atoms with Gasteiger partial charge in [0, 0.05) is 27.6 Å². The Balaban J connectivity index is 1.25. The predicted octanol–water partition coefficient (Wildman–Crippen LogP) is 7.93. The van der Waals surface area contributed by atoms with E-state index < -0.39 is 0 Å². The van der Waals surface area contributed by atoms with Crippen molar-refractivity contribution in [3.8, 4) is 11.3 Å². The van der Waals surface area contributed by atoms with Gasteiger partial charge in [-0.2, -0.15) is 0 Å². The van der Waals surface area contributed by atoms with E-state index in [1.807, 2.05) is 60.7 Å². The lowest BCUT2D eigenvalue weighted by Crippen LogP contribution is -1.99. The van der Waals surface area contributed by atoms with Crippen molar-refractivity contribution in [1.29, 1.82) is 0 Å². The molecule has 0 amide bonds. The van der Waals surface area contributed by atoms with Crippen LogP contribution < -0.4 is 0 Å². The largest absolute Gasteiger partial charge is 0.455 e. The molecule has 0 spiro atoms. The summed E-state index contributed by atoms with van der Waals surface area (Å²) in [5, 5.41) is 4.26. The number of ketones is 2. The van der Waals surface area contributed by atoms with E-state index in [4.69, 9.17) is 4.42 Å². The zero-order valence-electron chi connectivity index (χ0n) is 17.9. The van der Waals surface area contributed by atoms with Crippen LogP contribution >= 0.6 is 11.3 Å². The second-order valence-electron chi connectivity index (χ2n) is 8.51. The summed E-state index contributed by atoms with van der Waals surface area (Å²) in [7, 11) is 0. The smallest absolute Gasteiger partial charge is 0.197 e. The van der Waals surface area contributed by atoms with E-state index in [0.29, 0.717) is 11.1 Å². The summed E-state index contributed by atoms with van der Waals surface area (Å²) >= 11 is 1.51. The Labute approximate surface area is 198 Å². The van der Waals surface area contributed by atoms with Crippen LogP contribution in [0.5, 0.6) is 0 Å². The first-order chi connectivity index (χ1) is 16.6. The zero-order valence-corrected chi connectivity index (χ0v) is 18.7. The van der Waals surface area contributed by atoms with Crippen molar-refractivity contribution in [3.63, 3.8) is 0 Å². The van der Waals surface area contributed by atoms with Crippen molar-refractivity contribution in [3.05, 3.63) is 113 Å². The van der Waals surface area contributed by atoms with Crippen LogP contribution in [0, 0.1) is 0 Å². The van der Waals surface area contributed by atoms with E-state index in [2.05, 4.69) is 30.3 Å². The highest BCUT2D eigenvalue weighted by Crippen LogP contribution is 2.37. The number of fused-ring (bicyclic) bond motifs is 4. The predicted molar refractivity (Wildman–Crippen MR) is 138 cm³/mol. The fraction of sp³-hybridized carbons (Fsp3) is 0. The van der Waals surface area contributed by atoms with Gasteiger partial charge in [0.1, 0.15) is 11.3 Å². The molecule has 4 aromatic carbocycles. The third-order valence-corrected chi connectivity index (χ3v) is 7.42. The first kappa shape index (κ1) is 19.2. The average molecular weight is 457 g/mol. The molecule has 0 unspecified atom stereocenters. The first-order valence-corrected chi connectivity index (χ1v) is 11.8. The standard InChI is InChI=1S/C30H16O3S/c31-29-23-12-19-7-3-4-8-20(19)13-24(23)30(32)25(29)14-22-15-27-28(34-22)16-26(33-27)21-10-9-17-5-1-2-6-18(17)11-21/h1-16H. The van der Waals surface area contributed by atoms with Gasteiger partial charge in [0.05, 0.1) is 10.3 Å². The maximum atomic E-state index is 13.0. The molecular formula is C30H16O3S. The Kier molecular flexibility index (Phi) is 4.02. The molecule has 6 aromatic rings. The van der Waals surface area contributed by atoms with Crippen LogP contribution in [0.15, 0.2) is 101 Å². The second-order valence-corrected chi connectivity index (χ2v) is 9.63. The Morgan fingerprint density at radius 2 is 1.26 bits per heavy atom. The summed E-state index contributed by atoms with van der Waals surface area (Å²) < 4.78 is 7.11. The van der Waals surface area contributed by atoms with Gasteiger partial charge in [0.25, 0.3) is 0 Å². The third kappa shape index (κ3) is 2.89. The molecule has 0 saturated heterocycles. The normalized spacial score (nSPS) is 13.4. The molecule has 0 radical (unpaired) electrons. The van der Waals surface area contributed by atoms with Crippen LogP contribution in [0.1, 0.15) is 25.6 Å². The molecule has 7 rings (SSSR count). The summed E-state index contributed by atoms with van der Waals surface area (Å²) in [5.41, 5.74) is 2.94. The Bertz CT molecular complexity index is 1760. The quantitative estimate of drug-likeness (QED) is 0.196. The van der Waals surface area contributed by atoms with E-state index >= 15 is 0 Å². The minimum absolute atomic E-state index is 0.212. The van der Waals surface area contributed by atoms with E-state index in [1.54, 1.807) is 6.08 Å². The van der Waals surface area contributed by atoms with Crippen LogP contribution in [0.3, 0.4) is 0 Å². The van der Waals surface area contributed by atoms with Gasteiger partial charge in [0.2, 0.25) is 0 Å². The summed E-state index contributed by atoms with van der Waals surface area (Å²) in [6.07, 6.45) is 1.70. The summed E-state index contributed by atoms with van der Waals surface area (Å²) in [6, 6.07) is 29.8. The number of carbonyl (C=O) groups is 2. The van der Waals surface area contributed by atoms with Gasteiger partial charge >= 0.3 is 0 Å². The van der Waals surface area contributed by atoms with Gasteiger partial charge < -0.3 is 4.42 Å². The summed E-state index contributed by atoms with van der Waals surface area (Å²) in [5.74, 6) is 0.374. The number of hydrogen-bond acceptors (Lipinski definition) is 4. The molecule has 0 bridgehead atoms. The second kappa shape index (κ2) is 7.11. The molecule has 1 aliphatic carbocycles. The minimum atomic E-state index is -0.215. The molecule has 4 heteroatoms. The van der Waals surface area contributed by atoms with Gasteiger partial charge in [-0.25, -0.2) is 0 Å². The molecular weight excluding hydrogens is 440 g/mol. The van der Waals surface area contributed by atoms with Crippen LogP contribution in [0.25, 0.3) is 49.2 Å². The lowest BCUT2D eigenvalue weighted by atomic mass is 10.0. The van der Waals surface area contributed by atoms with Crippen molar-refractivity contribution < 1.29 is 14.0 Å². The number of allylic oxidation sites excluding steroid dienone is 1. The Hall–Kier alpha value is -4.28. The van der Waals surface area contributed by atoms with Crippen LogP contribution in [-0.4, -0.2) is 11.6 Å². The highest BCUT2D eigenvalue weighted by atomic mass is 32.1.